The molecule has 1 N–H and O–H groups in total. The van der Waals surface area contributed by atoms with Crippen LogP contribution >= 0.6 is 0 Å². The molecule has 0 radical (unpaired) electrons. The summed E-state index contributed by atoms with van der Waals surface area (Å²) in [4.78, 5) is 16.3. The molecule has 0 bridgehead atoms. The van der Waals surface area contributed by atoms with Crippen molar-refractivity contribution in [2.24, 2.45) is 0 Å². The number of methoxy groups -OCH3 is 1. The van der Waals surface area contributed by atoms with Gasteiger partial charge in [-0.2, -0.15) is 0 Å². The second-order valence-corrected chi connectivity index (χ2v) is 7.42. The van der Waals surface area contributed by atoms with Gasteiger partial charge in [-0.3, -0.25) is 9.88 Å². The fourth-order valence-corrected chi connectivity index (χ4v) is 3.86. The van der Waals surface area contributed by atoms with Gasteiger partial charge in [0.2, 0.25) is 0 Å². The molecule has 3 aromatic rings. The van der Waals surface area contributed by atoms with Gasteiger partial charge in [0.1, 0.15) is 11.6 Å². The van der Waals surface area contributed by atoms with E-state index in [-0.39, 0.29) is 0 Å². The van der Waals surface area contributed by atoms with Gasteiger partial charge >= 0.3 is 0 Å². The molecular weight excluding hydrogens is 362 g/mol. The number of hydrogen-bond donors (Lipinski definition) is 1. The molecule has 29 heavy (non-hydrogen) atoms. The highest BCUT2D eigenvalue weighted by molar-refractivity contribution is 5.56. The van der Waals surface area contributed by atoms with Crippen molar-refractivity contribution in [1.29, 1.82) is 0 Å². The fraction of sp³-hybridized carbons (Fsp3) is 0.348. The van der Waals surface area contributed by atoms with Crippen LogP contribution in [-0.2, 0) is 6.54 Å². The maximum Gasteiger partial charge on any atom is 0.163 e. The number of pyridine rings is 1. The number of piperidine rings is 1. The molecule has 0 amide bonds. The van der Waals surface area contributed by atoms with Crippen LogP contribution < -0.4 is 10.1 Å². The molecule has 1 aromatic carbocycles. The summed E-state index contributed by atoms with van der Waals surface area (Å²) in [6.07, 6.45) is 5.90. The lowest BCUT2D eigenvalue weighted by molar-refractivity contribution is 0.198. The lowest BCUT2D eigenvalue weighted by atomic mass is 9.94. The number of hydrogen-bond acceptors (Lipinski definition) is 6. The van der Waals surface area contributed by atoms with Crippen LogP contribution in [0.1, 0.15) is 30.0 Å². The summed E-state index contributed by atoms with van der Waals surface area (Å²) in [6, 6.07) is 14.4. The third-order valence-corrected chi connectivity index (χ3v) is 5.41. The summed E-state index contributed by atoms with van der Waals surface area (Å²) in [5.41, 5.74) is 3.35. The summed E-state index contributed by atoms with van der Waals surface area (Å²) in [6.45, 7) is 3.06. The highest BCUT2D eigenvalue weighted by Gasteiger charge is 2.24. The van der Waals surface area contributed by atoms with E-state index in [1.165, 1.54) is 12.0 Å². The van der Waals surface area contributed by atoms with Crippen molar-refractivity contribution in [3.05, 3.63) is 66.1 Å². The zero-order valence-corrected chi connectivity index (χ0v) is 17.0. The van der Waals surface area contributed by atoms with Crippen molar-refractivity contribution in [3.8, 4) is 17.1 Å². The van der Waals surface area contributed by atoms with Crippen LogP contribution in [0.4, 0.5) is 5.82 Å². The van der Waals surface area contributed by atoms with Crippen molar-refractivity contribution < 1.29 is 4.74 Å². The number of nitrogens with one attached hydrogen (secondary N) is 1. The predicted molar refractivity (Wildman–Crippen MR) is 115 cm³/mol. The molecule has 3 heterocycles. The van der Waals surface area contributed by atoms with E-state index in [0.717, 1.165) is 54.7 Å². The molecule has 1 aliphatic heterocycles. The Bertz CT molecular complexity index is 930. The Morgan fingerprint density at radius 1 is 1.17 bits per heavy atom. The second kappa shape index (κ2) is 9.01. The molecule has 6 nitrogen and oxygen atoms in total. The van der Waals surface area contributed by atoms with Gasteiger partial charge in [-0.15, -0.1) is 0 Å². The minimum Gasteiger partial charge on any atom is -0.497 e. The number of rotatable bonds is 6. The van der Waals surface area contributed by atoms with E-state index in [9.17, 15) is 0 Å². The number of ether oxygens (including phenoxy) is 1. The van der Waals surface area contributed by atoms with E-state index in [0.29, 0.717) is 5.92 Å². The van der Waals surface area contributed by atoms with Crippen LogP contribution in [0.5, 0.6) is 5.75 Å². The van der Waals surface area contributed by atoms with Crippen molar-refractivity contribution in [1.82, 2.24) is 19.9 Å². The maximum absolute atomic E-state index is 5.27. The summed E-state index contributed by atoms with van der Waals surface area (Å²) >= 11 is 0. The fourth-order valence-electron chi connectivity index (χ4n) is 3.86. The largest absolute Gasteiger partial charge is 0.497 e. The first-order chi connectivity index (χ1) is 14.2. The zero-order valence-electron chi connectivity index (χ0n) is 17.0. The molecule has 2 aromatic heterocycles. The normalized spacial score (nSPS) is 17.1. The average Bonchev–Trinajstić information content (AvgIpc) is 2.80. The van der Waals surface area contributed by atoms with Gasteiger partial charge in [0.25, 0.3) is 0 Å². The van der Waals surface area contributed by atoms with Crippen molar-refractivity contribution in [3.63, 3.8) is 0 Å². The number of aromatic nitrogens is 3. The van der Waals surface area contributed by atoms with E-state index >= 15 is 0 Å². The molecule has 1 atom stereocenters. The van der Waals surface area contributed by atoms with Gasteiger partial charge < -0.3 is 10.1 Å². The molecule has 1 aliphatic rings. The van der Waals surface area contributed by atoms with Crippen LogP contribution in [0.15, 0.2) is 54.9 Å². The van der Waals surface area contributed by atoms with Crippen LogP contribution in [-0.4, -0.2) is 47.1 Å². The highest BCUT2D eigenvalue weighted by atomic mass is 16.5. The first-order valence-electron chi connectivity index (χ1n) is 10.1. The monoisotopic (exact) mass is 389 g/mol. The van der Waals surface area contributed by atoms with Crippen LogP contribution in [0, 0.1) is 0 Å². The molecule has 4 rings (SSSR count). The zero-order chi connectivity index (χ0) is 20.1. The Kier molecular flexibility index (Phi) is 6.00. The standard InChI is InChI=1S/C23H27N5O/c1-24-22-13-21(26-23(27-22)18-5-3-11-25-14-18)19-6-4-12-28(16-19)15-17-7-9-20(29-2)10-8-17/h3,5,7-11,13-14,19H,4,6,12,15-16H2,1-2H3,(H,24,26,27). The topological polar surface area (TPSA) is 63.2 Å². The Labute approximate surface area is 172 Å². The summed E-state index contributed by atoms with van der Waals surface area (Å²) in [7, 11) is 3.60. The molecule has 1 unspecified atom stereocenters. The summed E-state index contributed by atoms with van der Waals surface area (Å²) in [5, 5.41) is 3.18. The molecule has 6 heteroatoms. The lowest BCUT2D eigenvalue weighted by Gasteiger charge is -2.32. The number of benzene rings is 1. The van der Waals surface area contributed by atoms with Crippen LogP contribution in [0.25, 0.3) is 11.4 Å². The highest BCUT2D eigenvalue weighted by Crippen LogP contribution is 2.29. The van der Waals surface area contributed by atoms with E-state index in [4.69, 9.17) is 9.72 Å². The SMILES string of the molecule is CNc1cc(C2CCCN(Cc3ccc(OC)cc3)C2)nc(-c2cccnc2)n1. The number of anilines is 1. The first-order valence-corrected chi connectivity index (χ1v) is 10.1. The van der Waals surface area contributed by atoms with Gasteiger partial charge in [0, 0.05) is 50.1 Å². The molecular formula is C23H27N5O. The van der Waals surface area contributed by atoms with Crippen molar-refractivity contribution in [2.75, 3.05) is 32.6 Å². The molecule has 0 saturated carbocycles. The number of nitrogens with zero attached hydrogens (tertiary/aromatic N) is 4. The second-order valence-electron chi connectivity index (χ2n) is 7.42. The first kappa shape index (κ1) is 19.3. The lowest BCUT2D eigenvalue weighted by Crippen LogP contribution is -2.34. The minimum atomic E-state index is 0.396. The third kappa shape index (κ3) is 4.71. The Balaban J connectivity index is 1.52. The molecule has 1 saturated heterocycles. The van der Waals surface area contributed by atoms with Gasteiger partial charge in [-0.1, -0.05) is 12.1 Å². The van der Waals surface area contributed by atoms with Gasteiger partial charge in [0.15, 0.2) is 5.82 Å². The predicted octanol–water partition coefficient (Wildman–Crippen LogP) is 3.97. The van der Waals surface area contributed by atoms with Crippen molar-refractivity contribution in [2.45, 2.75) is 25.3 Å². The maximum atomic E-state index is 5.27. The van der Waals surface area contributed by atoms with E-state index in [2.05, 4.69) is 38.4 Å². The van der Waals surface area contributed by atoms with Gasteiger partial charge in [-0.25, -0.2) is 9.97 Å². The van der Waals surface area contributed by atoms with Crippen molar-refractivity contribution >= 4 is 5.82 Å². The smallest absolute Gasteiger partial charge is 0.163 e. The minimum absolute atomic E-state index is 0.396. The Morgan fingerprint density at radius 3 is 2.76 bits per heavy atom. The van der Waals surface area contributed by atoms with E-state index < -0.39 is 0 Å². The quantitative estimate of drug-likeness (QED) is 0.688. The third-order valence-electron chi connectivity index (χ3n) is 5.41. The number of likely N-dealkylation sites (tertiary alicyclic amines) is 1. The summed E-state index contributed by atoms with van der Waals surface area (Å²) < 4.78 is 5.27. The molecule has 0 aliphatic carbocycles. The Morgan fingerprint density at radius 2 is 2.03 bits per heavy atom. The molecule has 0 spiro atoms. The Hall–Kier alpha value is -2.99. The van der Waals surface area contributed by atoms with E-state index in [1.54, 1.807) is 13.3 Å². The van der Waals surface area contributed by atoms with Crippen LogP contribution in [0.3, 0.4) is 0 Å². The van der Waals surface area contributed by atoms with Crippen LogP contribution in [0.2, 0.25) is 0 Å². The molecule has 1 fully saturated rings. The average molecular weight is 390 g/mol. The van der Waals surface area contributed by atoms with Gasteiger partial charge in [0.05, 0.1) is 12.8 Å². The van der Waals surface area contributed by atoms with E-state index in [1.807, 2.05) is 37.5 Å². The summed E-state index contributed by atoms with van der Waals surface area (Å²) in [5.74, 6) is 2.87. The van der Waals surface area contributed by atoms with Gasteiger partial charge in [-0.05, 0) is 49.2 Å². The molecule has 150 valence electrons.